The van der Waals surface area contributed by atoms with Crippen LogP contribution in [0.2, 0.25) is 0 Å². The van der Waals surface area contributed by atoms with Gasteiger partial charge in [0, 0.05) is 6.20 Å². The fourth-order valence-electron chi connectivity index (χ4n) is 1.02. The van der Waals surface area contributed by atoms with E-state index in [2.05, 4.69) is 19.8 Å². The predicted molar refractivity (Wildman–Crippen MR) is 43.0 cm³/mol. The maximum absolute atomic E-state index is 11.1. The zero-order chi connectivity index (χ0) is 8.55. The van der Waals surface area contributed by atoms with E-state index >= 15 is 0 Å². The number of nitrogens with one attached hydrogen (secondary N) is 2. The lowest BCUT2D eigenvalue weighted by Crippen LogP contribution is -2.05. The number of rotatable bonds is 0. The highest BCUT2D eigenvalue weighted by atomic mass is 16.1. The van der Waals surface area contributed by atoms with Crippen molar-refractivity contribution in [1.29, 1.82) is 0 Å². The summed E-state index contributed by atoms with van der Waals surface area (Å²) >= 11 is 0. The second-order valence-corrected chi connectivity index (χ2v) is 2.24. The molecule has 0 unspecified atom stereocenters. The number of hydrogen-bond donors (Lipinski definition) is 2. The quantitative estimate of drug-likeness (QED) is 0.560. The van der Waals surface area contributed by atoms with E-state index < -0.39 is 0 Å². The number of hydrogen-bond acceptors (Lipinski definition) is 2. The molecule has 0 atom stereocenters. The minimum absolute atomic E-state index is 0.255. The fraction of sp³-hybridized carbons (Fsp3) is 0. The first-order valence-corrected chi connectivity index (χ1v) is 3.25. The molecule has 0 spiro atoms. The zero-order valence-corrected chi connectivity index (χ0v) is 5.96. The van der Waals surface area contributed by atoms with E-state index in [-0.39, 0.29) is 5.56 Å². The minimum Gasteiger partial charge on any atom is -0.366 e. The van der Waals surface area contributed by atoms with Gasteiger partial charge in [-0.15, -0.1) is 0 Å². The largest absolute Gasteiger partial charge is 0.366 e. The molecule has 2 aromatic rings. The van der Waals surface area contributed by atoms with Gasteiger partial charge in [0.25, 0.3) is 5.56 Å². The summed E-state index contributed by atoms with van der Waals surface area (Å²) in [5.74, 6) is 0. The topological polar surface area (TPSA) is 65.9 Å². The highest BCUT2D eigenvalue weighted by Gasteiger charge is 2.05. The minimum atomic E-state index is -0.255. The van der Waals surface area contributed by atoms with Crippen molar-refractivity contribution in [3.8, 4) is 0 Å². The Morgan fingerprint density at radius 1 is 1.50 bits per heavy atom. The van der Waals surface area contributed by atoms with E-state index in [1.807, 2.05) is 0 Å². The Kier molecular flexibility index (Phi) is 1.21. The molecule has 0 saturated carbocycles. The Labute approximate surface area is 66.9 Å². The standard InChI is InChI=1S/C7H4N4O/c1-8-4-2-9-6-5(4)10-3-11-7(6)12/h2-3,9H,(H,10,11,12). The third kappa shape index (κ3) is 0.720. The van der Waals surface area contributed by atoms with Gasteiger partial charge in [0.1, 0.15) is 11.0 Å². The molecule has 2 rings (SSSR count). The Bertz CT molecular complexity index is 516. The number of aromatic nitrogens is 3. The van der Waals surface area contributed by atoms with Gasteiger partial charge in [-0.1, -0.05) is 0 Å². The van der Waals surface area contributed by atoms with E-state index in [1.165, 1.54) is 12.5 Å². The van der Waals surface area contributed by atoms with Crippen LogP contribution in [0.25, 0.3) is 15.9 Å². The van der Waals surface area contributed by atoms with Crippen molar-refractivity contribution in [2.24, 2.45) is 0 Å². The number of fused-ring (bicyclic) bond motifs is 1. The molecule has 0 amide bonds. The molecule has 0 aliphatic heterocycles. The van der Waals surface area contributed by atoms with Crippen LogP contribution in [-0.4, -0.2) is 15.0 Å². The van der Waals surface area contributed by atoms with Crippen LogP contribution in [-0.2, 0) is 0 Å². The van der Waals surface area contributed by atoms with E-state index in [1.54, 1.807) is 0 Å². The van der Waals surface area contributed by atoms with Crippen LogP contribution in [0.1, 0.15) is 0 Å². The van der Waals surface area contributed by atoms with Gasteiger partial charge in [-0.2, -0.15) is 0 Å². The van der Waals surface area contributed by atoms with Gasteiger partial charge in [0.2, 0.25) is 5.69 Å². The summed E-state index contributed by atoms with van der Waals surface area (Å²) < 4.78 is 0. The van der Waals surface area contributed by atoms with E-state index in [0.29, 0.717) is 16.7 Å². The second kappa shape index (κ2) is 2.20. The molecule has 0 aliphatic carbocycles. The summed E-state index contributed by atoms with van der Waals surface area (Å²) in [6.07, 6.45) is 2.76. The summed E-state index contributed by atoms with van der Waals surface area (Å²) in [6, 6.07) is 0. The highest BCUT2D eigenvalue weighted by molar-refractivity contribution is 5.88. The van der Waals surface area contributed by atoms with Crippen LogP contribution < -0.4 is 5.56 Å². The summed E-state index contributed by atoms with van der Waals surface area (Å²) in [5.41, 5.74) is 0.892. The first-order valence-electron chi connectivity index (χ1n) is 3.25. The van der Waals surface area contributed by atoms with Crippen LogP contribution in [0.4, 0.5) is 5.69 Å². The number of H-pyrrole nitrogens is 2. The lowest BCUT2D eigenvalue weighted by Gasteiger charge is -1.85. The van der Waals surface area contributed by atoms with Gasteiger partial charge < -0.3 is 9.97 Å². The van der Waals surface area contributed by atoms with Gasteiger partial charge in [0.05, 0.1) is 12.9 Å². The smallest absolute Gasteiger partial charge is 0.273 e. The van der Waals surface area contributed by atoms with Crippen molar-refractivity contribution in [2.45, 2.75) is 0 Å². The monoisotopic (exact) mass is 160 g/mol. The van der Waals surface area contributed by atoms with Crippen LogP contribution in [0.15, 0.2) is 17.3 Å². The molecule has 2 aromatic heterocycles. The van der Waals surface area contributed by atoms with Gasteiger partial charge in [-0.3, -0.25) is 4.79 Å². The number of aromatic amines is 2. The molecule has 0 aromatic carbocycles. The van der Waals surface area contributed by atoms with Gasteiger partial charge in [0.15, 0.2) is 0 Å². The van der Waals surface area contributed by atoms with Crippen LogP contribution >= 0.6 is 0 Å². The molecule has 12 heavy (non-hydrogen) atoms. The fourth-order valence-corrected chi connectivity index (χ4v) is 1.02. The SMILES string of the molecule is [C-]#[N+]c1c[nH]c2c(=O)[nH]cnc12. The average Bonchev–Trinajstić information content (AvgIpc) is 2.49. The van der Waals surface area contributed by atoms with E-state index in [9.17, 15) is 4.79 Å². The third-order valence-corrected chi connectivity index (χ3v) is 1.57. The number of nitrogens with zero attached hydrogens (tertiary/aromatic N) is 2. The maximum Gasteiger partial charge on any atom is 0.273 e. The Hall–Kier alpha value is -2.09. The van der Waals surface area contributed by atoms with Crippen molar-refractivity contribution in [3.05, 3.63) is 34.3 Å². The molecule has 2 heterocycles. The normalized spacial score (nSPS) is 9.92. The lowest BCUT2D eigenvalue weighted by molar-refractivity contribution is 1.16. The second-order valence-electron chi connectivity index (χ2n) is 2.24. The summed E-state index contributed by atoms with van der Waals surface area (Å²) in [6.45, 7) is 6.77. The maximum atomic E-state index is 11.1. The van der Waals surface area contributed by atoms with Crippen molar-refractivity contribution in [2.75, 3.05) is 0 Å². The molecule has 0 bridgehead atoms. The molecule has 5 nitrogen and oxygen atoms in total. The molecule has 0 fully saturated rings. The predicted octanol–water partition coefficient (Wildman–Crippen LogP) is 0.802. The molecular formula is C7H4N4O. The Balaban J connectivity index is 3.01. The van der Waals surface area contributed by atoms with Crippen LogP contribution in [0.3, 0.4) is 0 Å². The first-order chi connectivity index (χ1) is 5.83. The molecule has 0 saturated heterocycles. The highest BCUT2D eigenvalue weighted by Crippen LogP contribution is 2.19. The van der Waals surface area contributed by atoms with Gasteiger partial charge in [-0.05, 0) is 0 Å². The van der Waals surface area contributed by atoms with Crippen molar-refractivity contribution >= 4 is 16.7 Å². The molecule has 0 radical (unpaired) electrons. The molecular weight excluding hydrogens is 156 g/mol. The molecule has 5 heteroatoms. The molecule has 2 N–H and O–H groups in total. The van der Waals surface area contributed by atoms with Crippen molar-refractivity contribution in [1.82, 2.24) is 15.0 Å². The summed E-state index contributed by atoms with van der Waals surface area (Å²) in [4.78, 5) is 23.3. The van der Waals surface area contributed by atoms with Gasteiger partial charge >= 0.3 is 0 Å². The van der Waals surface area contributed by atoms with Crippen LogP contribution in [0.5, 0.6) is 0 Å². The molecule has 0 aliphatic rings. The first kappa shape index (κ1) is 6.61. The third-order valence-electron chi connectivity index (χ3n) is 1.57. The Morgan fingerprint density at radius 3 is 3.08 bits per heavy atom. The lowest BCUT2D eigenvalue weighted by atomic mass is 10.4. The molecule has 58 valence electrons. The van der Waals surface area contributed by atoms with E-state index in [4.69, 9.17) is 6.57 Å². The Morgan fingerprint density at radius 2 is 2.33 bits per heavy atom. The summed E-state index contributed by atoms with van der Waals surface area (Å²) in [5, 5.41) is 0. The van der Waals surface area contributed by atoms with E-state index in [0.717, 1.165) is 0 Å². The zero-order valence-electron chi connectivity index (χ0n) is 5.96. The van der Waals surface area contributed by atoms with Gasteiger partial charge in [-0.25, -0.2) is 9.83 Å². The van der Waals surface area contributed by atoms with Crippen LogP contribution in [0, 0.1) is 6.57 Å². The summed E-state index contributed by atoms with van der Waals surface area (Å²) in [7, 11) is 0. The van der Waals surface area contributed by atoms with Crippen molar-refractivity contribution in [3.63, 3.8) is 0 Å². The average molecular weight is 160 g/mol. The van der Waals surface area contributed by atoms with Crippen molar-refractivity contribution < 1.29 is 0 Å².